The number of aromatic nitrogens is 2. The number of imidazole rings is 1. The second-order valence-electron chi connectivity index (χ2n) is 18.0. The Balaban J connectivity index is 0.000000537. The summed E-state index contributed by atoms with van der Waals surface area (Å²) in [5.41, 5.74) is 15.6. The number of nitrogens with zero attached hydrogens (tertiary/aromatic N) is 4. The molecular formula is C54H66N4O2. The Morgan fingerprint density at radius 1 is 0.650 bits per heavy atom. The van der Waals surface area contributed by atoms with Crippen LogP contribution >= 0.6 is 0 Å². The molecule has 0 N–H and O–H groups in total. The zero-order chi connectivity index (χ0) is 42.4. The molecule has 0 spiro atoms. The molecule has 0 bridgehead atoms. The van der Waals surface area contributed by atoms with Gasteiger partial charge in [0.1, 0.15) is 18.2 Å². The van der Waals surface area contributed by atoms with E-state index in [2.05, 4.69) is 179 Å². The molecule has 6 aromatic rings. The van der Waals surface area contributed by atoms with Crippen LogP contribution in [0.25, 0.3) is 0 Å². The predicted molar refractivity (Wildman–Crippen MR) is 249 cm³/mol. The summed E-state index contributed by atoms with van der Waals surface area (Å²) in [6.07, 6.45) is 11.2. The Morgan fingerprint density at radius 2 is 1.25 bits per heavy atom. The smallest absolute Gasteiger partial charge is 0.161 e. The van der Waals surface area contributed by atoms with E-state index in [9.17, 15) is 0 Å². The molecule has 0 aliphatic carbocycles. The number of ether oxygens (including phenoxy) is 2. The Bertz CT molecular complexity index is 2380. The van der Waals surface area contributed by atoms with Crippen LogP contribution in [0.15, 0.2) is 116 Å². The van der Waals surface area contributed by atoms with Crippen molar-refractivity contribution in [1.82, 2.24) is 14.5 Å². The van der Waals surface area contributed by atoms with Crippen molar-refractivity contribution in [2.24, 2.45) is 0 Å². The number of fused-ring (bicyclic) bond motifs is 2. The third kappa shape index (κ3) is 9.50. The normalized spacial score (nSPS) is 14.1. The number of aryl methyl sites for hydroxylation is 4. The Labute approximate surface area is 360 Å². The van der Waals surface area contributed by atoms with Gasteiger partial charge in [-0.25, -0.2) is 4.98 Å². The molecule has 0 atom stereocenters. The summed E-state index contributed by atoms with van der Waals surface area (Å²) in [7, 11) is 2.10. The number of hydrogen-bond donors (Lipinski definition) is 0. The molecule has 0 amide bonds. The van der Waals surface area contributed by atoms with Crippen molar-refractivity contribution >= 4 is 5.69 Å². The highest BCUT2D eigenvalue weighted by Crippen LogP contribution is 2.41. The summed E-state index contributed by atoms with van der Waals surface area (Å²) in [5, 5.41) is 0. The zero-order valence-electron chi connectivity index (χ0n) is 37.6. The minimum absolute atomic E-state index is 0.160. The lowest BCUT2D eigenvalue weighted by molar-refractivity contribution is 0.121. The van der Waals surface area contributed by atoms with E-state index in [0.717, 1.165) is 50.4 Å². The molecule has 0 fully saturated rings. The Morgan fingerprint density at radius 3 is 1.87 bits per heavy atom. The first-order valence-corrected chi connectivity index (χ1v) is 22.1. The molecule has 6 heteroatoms. The van der Waals surface area contributed by atoms with E-state index in [4.69, 9.17) is 9.47 Å². The van der Waals surface area contributed by atoms with Gasteiger partial charge in [-0.05, 0) is 120 Å². The molecule has 60 heavy (non-hydrogen) atoms. The van der Waals surface area contributed by atoms with Crippen LogP contribution in [-0.2, 0) is 49.7 Å². The molecule has 2 aliphatic heterocycles. The monoisotopic (exact) mass is 803 g/mol. The average molecular weight is 803 g/mol. The van der Waals surface area contributed by atoms with E-state index >= 15 is 0 Å². The molecule has 0 radical (unpaired) electrons. The van der Waals surface area contributed by atoms with Gasteiger partial charge in [-0.3, -0.25) is 4.90 Å². The molecule has 0 saturated heterocycles. The molecular weight excluding hydrogens is 737 g/mol. The minimum Gasteiger partial charge on any atom is -0.478 e. The molecule has 314 valence electrons. The molecule has 8 rings (SSSR count). The van der Waals surface area contributed by atoms with Crippen LogP contribution in [0.1, 0.15) is 123 Å². The van der Waals surface area contributed by atoms with Gasteiger partial charge in [-0.15, -0.1) is 0 Å². The molecule has 0 unspecified atom stereocenters. The van der Waals surface area contributed by atoms with Gasteiger partial charge in [0, 0.05) is 59.7 Å². The molecule has 3 heterocycles. The number of unbranched alkanes of at least 4 members (excludes halogenated alkanes) is 1. The van der Waals surface area contributed by atoms with Crippen molar-refractivity contribution in [3.8, 4) is 11.5 Å². The molecule has 1 aromatic heterocycles. The van der Waals surface area contributed by atoms with E-state index in [0.29, 0.717) is 13.5 Å². The fourth-order valence-electron chi connectivity index (χ4n) is 8.72. The first-order valence-electron chi connectivity index (χ1n) is 22.1. The second kappa shape index (κ2) is 18.5. The number of benzene rings is 5. The SMILES string of the molecule is CCCCn1ccnc1.CCc1cc(Cc2ccc(N3COc4ccc(C(C)(C)c5cccc(C(C)(C)c6ccc7c(c6)CN(C)CO7)c5)cc4C3)c(CC)c2)ccc1C. The van der Waals surface area contributed by atoms with Crippen molar-refractivity contribution in [1.29, 1.82) is 0 Å². The first-order chi connectivity index (χ1) is 28.9. The lowest BCUT2D eigenvalue weighted by Gasteiger charge is -2.35. The highest BCUT2D eigenvalue weighted by molar-refractivity contribution is 5.58. The third-order valence-electron chi connectivity index (χ3n) is 12.9. The van der Waals surface area contributed by atoms with Gasteiger partial charge in [0.15, 0.2) is 6.73 Å². The van der Waals surface area contributed by atoms with Crippen molar-refractivity contribution in [3.63, 3.8) is 0 Å². The summed E-state index contributed by atoms with van der Waals surface area (Å²) in [6.45, 7) is 22.3. The van der Waals surface area contributed by atoms with E-state index in [-0.39, 0.29) is 10.8 Å². The second-order valence-corrected chi connectivity index (χ2v) is 18.0. The van der Waals surface area contributed by atoms with E-state index < -0.39 is 0 Å². The van der Waals surface area contributed by atoms with Crippen molar-refractivity contribution < 1.29 is 9.47 Å². The summed E-state index contributed by atoms with van der Waals surface area (Å²) < 4.78 is 14.5. The lowest BCUT2D eigenvalue weighted by atomic mass is 9.73. The maximum absolute atomic E-state index is 6.40. The standard InChI is InChI=1S/C47H54N2O2.C7H12N2/c1-9-35-23-33(15-14-32(35)3)22-34-16-19-43(36(10-2)24-34)49-29-38-26-42(18-21-45(38)51-31-49)47(6,7)40-13-11-12-39(27-40)46(4,5)41-17-20-44-37(25-41)28-48(8)30-50-44;1-2-3-5-9-6-4-8-7-9/h11-21,23-27H,9-10,22,28-31H2,1-8H3;4,6-7H,2-3,5H2,1H3. The Hall–Kier alpha value is -5.33. The fourth-order valence-corrected chi connectivity index (χ4v) is 8.72. The van der Waals surface area contributed by atoms with E-state index in [1.165, 1.54) is 79.7 Å². The van der Waals surface area contributed by atoms with Gasteiger partial charge >= 0.3 is 0 Å². The van der Waals surface area contributed by atoms with Crippen LogP contribution in [0, 0.1) is 6.92 Å². The highest BCUT2D eigenvalue weighted by atomic mass is 16.5. The quantitative estimate of drug-likeness (QED) is 0.123. The van der Waals surface area contributed by atoms with Crippen LogP contribution in [0.3, 0.4) is 0 Å². The summed E-state index contributed by atoms with van der Waals surface area (Å²) in [4.78, 5) is 8.54. The van der Waals surface area contributed by atoms with Crippen LogP contribution < -0.4 is 14.4 Å². The Kier molecular flexibility index (Phi) is 13.2. The minimum atomic E-state index is -0.195. The predicted octanol–water partition coefficient (Wildman–Crippen LogP) is 12.2. The van der Waals surface area contributed by atoms with Gasteiger partial charge in [0.05, 0.1) is 6.33 Å². The highest BCUT2D eigenvalue weighted by Gasteiger charge is 2.30. The van der Waals surface area contributed by atoms with Gasteiger partial charge in [0.25, 0.3) is 0 Å². The van der Waals surface area contributed by atoms with Gasteiger partial charge in [-0.1, -0.05) is 122 Å². The summed E-state index contributed by atoms with van der Waals surface area (Å²) in [6, 6.07) is 36.7. The van der Waals surface area contributed by atoms with E-state index in [1.807, 2.05) is 18.7 Å². The lowest BCUT2D eigenvalue weighted by Crippen LogP contribution is -2.33. The average Bonchev–Trinajstić information content (AvgIpc) is 3.79. The molecule has 6 nitrogen and oxygen atoms in total. The maximum Gasteiger partial charge on any atom is 0.161 e. The van der Waals surface area contributed by atoms with Crippen molar-refractivity contribution in [3.05, 3.63) is 177 Å². The topological polar surface area (TPSA) is 42.8 Å². The number of hydrogen-bond acceptors (Lipinski definition) is 5. The largest absolute Gasteiger partial charge is 0.478 e. The van der Waals surface area contributed by atoms with Crippen LogP contribution in [-0.4, -0.2) is 35.0 Å². The first kappa shape index (κ1) is 42.8. The molecule has 5 aromatic carbocycles. The summed E-state index contributed by atoms with van der Waals surface area (Å²) in [5.74, 6) is 1.99. The zero-order valence-corrected chi connectivity index (χ0v) is 37.6. The van der Waals surface area contributed by atoms with Gasteiger partial charge < -0.3 is 18.9 Å². The van der Waals surface area contributed by atoms with Gasteiger partial charge in [0.2, 0.25) is 0 Å². The number of rotatable bonds is 12. The molecule has 2 aliphatic rings. The van der Waals surface area contributed by atoms with Crippen LogP contribution in [0.2, 0.25) is 0 Å². The van der Waals surface area contributed by atoms with Crippen LogP contribution in [0.5, 0.6) is 11.5 Å². The maximum atomic E-state index is 6.40. The number of anilines is 1. The third-order valence-corrected chi connectivity index (χ3v) is 12.9. The molecule has 0 saturated carbocycles. The van der Waals surface area contributed by atoms with Crippen molar-refractivity contribution in [2.45, 2.75) is 118 Å². The van der Waals surface area contributed by atoms with Gasteiger partial charge in [-0.2, -0.15) is 0 Å². The van der Waals surface area contributed by atoms with Crippen LogP contribution in [0.4, 0.5) is 5.69 Å². The fraction of sp³-hybridized carbons (Fsp3) is 0.389. The summed E-state index contributed by atoms with van der Waals surface area (Å²) >= 11 is 0. The van der Waals surface area contributed by atoms with E-state index in [1.54, 1.807) is 0 Å². The van der Waals surface area contributed by atoms with Crippen molar-refractivity contribution in [2.75, 3.05) is 25.4 Å².